The molecule has 1 aromatic rings. The van der Waals surface area contributed by atoms with Crippen molar-refractivity contribution in [3.63, 3.8) is 0 Å². The monoisotopic (exact) mass is 348 g/mol. The van der Waals surface area contributed by atoms with Gasteiger partial charge in [0.15, 0.2) is 0 Å². The highest BCUT2D eigenvalue weighted by atomic mass is 16.7. The number of hydrogen-bond donors (Lipinski definition) is 1. The zero-order valence-corrected chi connectivity index (χ0v) is 14.3. The first-order valence-electron chi connectivity index (χ1n) is 7.79. The first-order chi connectivity index (χ1) is 11.7. The number of hydroxylamine groups is 2. The first kappa shape index (κ1) is 18.4. The summed E-state index contributed by atoms with van der Waals surface area (Å²) >= 11 is 0. The van der Waals surface area contributed by atoms with Gasteiger partial charge in [-0.15, -0.1) is 5.06 Å². The molecule has 1 heterocycles. The standard InChI is InChI=1S/C17H20N2O6/c1-17(2,3)24-16(23)18-10-11-5-4-6-12(9-11)15(22)25-19-13(20)7-8-14(19)21/h4-6,9H,7-8,10H2,1-3H3,(H,18,23). The predicted molar refractivity (Wildman–Crippen MR) is 86.0 cm³/mol. The van der Waals surface area contributed by atoms with Gasteiger partial charge in [-0.05, 0) is 38.5 Å². The van der Waals surface area contributed by atoms with Crippen molar-refractivity contribution < 1.29 is 28.8 Å². The van der Waals surface area contributed by atoms with E-state index in [0.29, 0.717) is 10.6 Å². The summed E-state index contributed by atoms with van der Waals surface area (Å²) in [7, 11) is 0. The number of hydrogen-bond acceptors (Lipinski definition) is 6. The molecule has 8 heteroatoms. The summed E-state index contributed by atoms with van der Waals surface area (Å²) in [4.78, 5) is 51.5. The molecule has 0 aromatic heterocycles. The second kappa shape index (κ2) is 7.33. The van der Waals surface area contributed by atoms with Gasteiger partial charge < -0.3 is 14.9 Å². The van der Waals surface area contributed by atoms with Crippen molar-refractivity contribution in [1.82, 2.24) is 10.4 Å². The molecule has 3 amide bonds. The summed E-state index contributed by atoms with van der Waals surface area (Å²) in [6.45, 7) is 5.41. The van der Waals surface area contributed by atoms with Crippen LogP contribution in [0.3, 0.4) is 0 Å². The van der Waals surface area contributed by atoms with Crippen LogP contribution in [0, 0.1) is 0 Å². The molecule has 0 aliphatic carbocycles. The molecule has 1 fully saturated rings. The average molecular weight is 348 g/mol. The van der Waals surface area contributed by atoms with Crippen molar-refractivity contribution >= 4 is 23.9 Å². The van der Waals surface area contributed by atoms with Crippen LogP contribution in [0.15, 0.2) is 24.3 Å². The molecule has 1 aromatic carbocycles. The van der Waals surface area contributed by atoms with Crippen LogP contribution < -0.4 is 5.32 Å². The van der Waals surface area contributed by atoms with Gasteiger partial charge in [0.05, 0.1) is 5.56 Å². The molecule has 0 radical (unpaired) electrons. The molecule has 1 aliphatic heterocycles. The summed E-state index contributed by atoms with van der Waals surface area (Å²) in [6.07, 6.45) is -0.508. The Morgan fingerprint density at radius 3 is 2.40 bits per heavy atom. The topological polar surface area (TPSA) is 102 Å². The van der Waals surface area contributed by atoms with E-state index in [1.165, 1.54) is 12.1 Å². The lowest BCUT2D eigenvalue weighted by molar-refractivity contribution is -0.172. The Morgan fingerprint density at radius 1 is 1.16 bits per heavy atom. The van der Waals surface area contributed by atoms with E-state index in [4.69, 9.17) is 9.57 Å². The molecule has 1 aliphatic rings. The van der Waals surface area contributed by atoms with Crippen molar-refractivity contribution in [2.24, 2.45) is 0 Å². The third-order valence-corrected chi connectivity index (χ3v) is 3.18. The molecule has 0 atom stereocenters. The number of alkyl carbamates (subject to hydrolysis) is 1. The normalized spacial score (nSPS) is 14.4. The zero-order chi connectivity index (χ0) is 18.6. The highest BCUT2D eigenvalue weighted by Gasteiger charge is 2.33. The Bertz CT molecular complexity index is 691. The third kappa shape index (κ3) is 5.30. The Kier molecular flexibility index (Phi) is 5.41. The van der Waals surface area contributed by atoms with Gasteiger partial charge in [0.1, 0.15) is 5.60 Å². The lowest BCUT2D eigenvalue weighted by atomic mass is 10.1. The van der Waals surface area contributed by atoms with E-state index in [0.717, 1.165) is 0 Å². The number of amides is 3. The Morgan fingerprint density at radius 2 is 1.80 bits per heavy atom. The molecule has 1 saturated heterocycles. The summed E-state index contributed by atoms with van der Waals surface area (Å²) in [5.74, 6) is -1.90. The molecule has 25 heavy (non-hydrogen) atoms. The van der Waals surface area contributed by atoms with Gasteiger partial charge in [-0.2, -0.15) is 0 Å². The summed E-state index contributed by atoms with van der Waals surface area (Å²) in [5, 5.41) is 3.07. The highest BCUT2D eigenvalue weighted by Crippen LogP contribution is 2.15. The number of benzene rings is 1. The third-order valence-electron chi connectivity index (χ3n) is 3.18. The second-order valence-corrected chi connectivity index (χ2v) is 6.52. The summed E-state index contributed by atoms with van der Waals surface area (Å²) < 4.78 is 5.13. The van der Waals surface area contributed by atoms with E-state index in [9.17, 15) is 19.2 Å². The Balaban J connectivity index is 1.96. The van der Waals surface area contributed by atoms with Crippen molar-refractivity contribution in [3.05, 3.63) is 35.4 Å². The molecule has 0 bridgehead atoms. The van der Waals surface area contributed by atoms with Crippen molar-refractivity contribution in [2.45, 2.75) is 45.8 Å². The van der Waals surface area contributed by atoms with Crippen LogP contribution in [0.5, 0.6) is 0 Å². The van der Waals surface area contributed by atoms with Crippen LogP contribution in [0.2, 0.25) is 0 Å². The van der Waals surface area contributed by atoms with Crippen LogP contribution in [0.1, 0.15) is 49.5 Å². The maximum Gasteiger partial charge on any atom is 0.407 e. The smallest absolute Gasteiger partial charge is 0.407 e. The SMILES string of the molecule is CC(C)(C)OC(=O)NCc1cccc(C(=O)ON2C(=O)CCC2=O)c1. The van der Waals surface area contributed by atoms with E-state index in [-0.39, 0.29) is 24.9 Å². The van der Waals surface area contributed by atoms with Gasteiger partial charge in [0.2, 0.25) is 0 Å². The van der Waals surface area contributed by atoms with E-state index in [2.05, 4.69) is 5.32 Å². The maximum absolute atomic E-state index is 12.1. The molecule has 0 spiro atoms. The van der Waals surface area contributed by atoms with Crippen LogP contribution in [0.25, 0.3) is 0 Å². The van der Waals surface area contributed by atoms with Crippen molar-refractivity contribution in [3.8, 4) is 0 Å². The van der Waals surface area contributed by atoms with Crippen LogP contribution in [-0.4, -0.2) is 34.5 Å². The number of carbonyl (C=O) groups is 4. The van der Waals surface area contributed by atoms with Gasteiger partial charge in [0, 0.05) is 19.4 Å². The first-order valence-corrected chi connectivity index (χ1v) is 7.79. The van der Waals surface area contributed by atoms with Crippen LogP contribution in [-0.2, 0) is 25.7 Å². The summed E-state index contributed by atoms with van der Waals surface area (Å²) in [6, 6.07) is 6.31. The van der Waals surface area contributed by atoms with Crippen molar-refractivity contribution in [1.29, 1.82) is 0 Å². The van der Waals surface area contributed by atoms with E-state index < -0.39 is 29.5 Å². The maximum atomic E-state index is 12.1. The summed E-state index contributed by atoms with van der Waals surface area (Å²) in [5.41, 5.74) is 0.195. The minimum absolute atomic E-state index is 0.0337. The van der Waals surface area contributed by atoms with E-state index in [1.807, 2.05) is 0 Å². The Hall–Kier alpha value is -2.90. The minimum atomic E-state index is -0.817. The molecule has 1 N–H and O–H groups in total. The number of rotatable bonds is 4. The van der Waals surface area contributed by atoms with Gasteiger partial charge >= 0.3 is 12.1 Å². The highest BCUT2D eigenvalue weighted by molar-refractivity contribution is 6.02. The van der Waals surface area contributed by atoms with E-state index in [1.54, 1.807) is 32.9 Å². The second-order valence-electron chi connectivity index (χ2n) is 6.52. The lowest BCUT2D eigenvalue weighted by Crippen LogP contribution is -2.32. The van der Waals surface area contributed by atoms with Crippen molar-refractivity contribution in [2.75, 3.05) is 0 Å². The number of carbonyl (C=O) groups excluding carboxylic acids is 4. The molecular weight excluding hydrogens is 328 g/mol. The molecule has 134 valence electrons. The fourth-order valence-corrected chi connectivity index (χ4v) is 2.09. The lowest BCUT2D eigenvalue weighted by Gasteiger charge is -2.19. The number of imide groups is 1. The fourth-order valence-electron chi connectivity index (χ4n) is 2.09. The van der Waals surface area contributed by atoms with Gasteiger partial charge in [0.25, 0.3) is 11.8 Å². The van der Waals surface area contributed by atoms with E-state index >= 15 is 0 Å². The molecule has 0 saturated carbocycles. The molecule has 0 unspecified atom stereocenters. The predicted octanol–water partition coefficient (Wildman–Crippen LogP) is 1.93. The van der Waals surface area contributed by atoms with Gasteiger partial charge in [-0.3, -0.25) is 9.59 Å². The van der Waals surface area contributed by atoms with Gasteiger partial charge in [-0.1, -0.05) is 12.1 Å². The number of ether oxygens (including phenoxy) is 1. The minimum Gasteiger partial charge on any atom is -0.444 e. The quantitative estimate of drug-likeness (QED) is 0.834. The van der Waals surface area contributed by atoms with Crippen LogP contribution >= 0.6 is 0 Å². The Labute approximate surface area is 145 Å². The van der Waals surface area contributed by atoms with Crippen LogP contribution in [0.4, 0.5) is 4.79 Å². The average Bonchev–Trinajstić information content (AvgIpc) is 2.83. The molecule has 2 rings (SSSR count). The van der Waals surface area contributed by atoms with Gasteiger partial charge in [-0.25, -0.2) is 9.59 Å². The zero-order valence-electron chi connectivity index (χ0n) is 14.3. The molecule has 8 nitrogen and oxygen atoms in total. The number of nitrogens with zero attached hydrogens (tertiary/aromatic N) is 1. The largest absolute Gasteiger partial charge is 0.444 e. The molecular formula is C17H20N2O6. The fraction of sp³-hybridized carbons (Fsp3) is 0.412. The number of nitrogens with one attached hydrogen (secondary N) is 1.